The molecule has 1 aromatic heterocycles. The van der Waals surface area contributed by atoms with Gasteiger partial charge in [-0.1, -0.05) is 55.0 Å². The number of amides is 1. The van der Waals surface area contributed by atoms with E-state index in [1.165, 1.54) is 21.6 Å². The number of thiazole rings is 1. The van der Waals surface area contributed by atoms with E-state index in [4.69, 9.17) is 14.6 Å². The van der Waals surface area contributed by atoms with Gasteiger partial charge in [-0.2, -0.15) is 0 Å². The van der Waals surface area contributed by atoms with Crippen molar-refractivity contribution in [3.05, 3.63) is 70.6 Å². The summed E-state index contributed by atoms with van der Waals surface area (Å²) in [7, 11) is 1.59. The predicted octanol–water partition coefficient (Wildman–Crippen LogP) is 5.82. The standard InChI is InChI=1S/C34H45N3O7S/c1-24-16-17-26(21-25(24)2)13-7-5-12-20-43-30(31(33(41)42)44-22-29(38)39)32(40)37(3)19-11-6-10-18-35-34-36-28(23-45-34)27-14-8-4-9-15-27/h4,8-9,14-17,21,23,30-31H,5-7,10-13,18-20,22H2,1-3H3,(H,35,36)(H,38,39)(H,41,42). The average Bonchev–Trinajstić information content (AvgIpc) is 3.50. The van der Waals surface area contributed by atoms with Crippen molar-refractivity contribution >= 4 is 34.3 Å². The molecule has 244 valence electrons. The van der Waals surface area contributed by atoms with Gasteiger partial charge in [0.2, 0.25) is 0 Å². The lowest BCUT2D eigenvalue weighted by atomic mass is 10.0. The molecule has 0 fully saturated rings. The highest BCUT2D eigenvalue weighted by Crippen LogP contribution is 2.24. The van der Waals surface area contributed by atoms with Crippen LogP contribution in [-0.2, 0) is 30.3 Å². The molecule has 45 heavy (non-hydrogen) atoms. The minimum Gasteiger partial charge on any atom is -0.480 e. The number of rotatable bonds is 21. The smallest absolute Gasteiger partial charge is 0.336 e. The molecule has 0 aliphatic rings. The Morgan fingerprint density at radius 2 is 1.67 bits per heavy atom. The van der Waals surface area contributed by atoms with Crippen LogP contribution in [0.15, 0.2) is 53.9 Å². The van der Waals surface area contributed by atoms with E-state index in [1.54, 1.807) is 18.4 Å². The Hall–Kier alpha value is -3.80. The number of aliphatic carboxylic acids is 2. The van der Waals surface area contributed by atoms with Crippen LogP contribution in [0.2, 0.25) is 0 Å². The lowest BCUT2D eigenvalue weighted by molar-refractivity contribution is -0.175. The maximum Gasteiger partial charge on any atom is 0.336 e. The first kappa shape index (κ1) is 35.7. The van der Waals surface area contributed by atoms with Gasteiger partial charge in [0.05, 0.1) is 5.69 Å². The number of nitrogens with zero attached hydrogens (tertiary/aromatic N) is 2. The van der Waals surface area contributed by atoms with E-state index in [0.29, 0.717) is 19.4 Å². The number of carbonyl (C=O) groups is 3. The van der Waals surface area contributed by atoms with Crippen molar-refractivity contribution < 1.29 is 34.1 Å². The normalized spacial score (nSPS) is 12.4. The Labute approximate surface area is 269 Å². The van der Waals surface area contributed by atoms with Crippen molar-refractivity contribution in [2.45, 2.75) is 71.0 Å². The number of carboxylic acid groups (broad SMARTS) is 2. The first-order valence-electron chi connectivity index (χ1n) is 15.4. The van der Waals surface area contributed by atoms with Crippen molar-refractivity contribution in [3.63, 3.8) is 0 Å². The fourth-order valence-corrected chi connectivity index (χ4v) is 5.53. The molecule has 0 aliphatic carbocycles. The molecule has 3 rings (SSSR count). The predicted molar refractivity (Wildman–Crippen MR) is 176 cm³/mol. The number of ether oxygens (including phenoxy) is 2. The molecular formula is C34H45N3O7S. The molecule has 3 N–H and O–H groups in total. The molecular weight excluding hydrogens is 594 g/mol. The van der Waals surface area contributed by atoms with Crippen LogP contribution >= 0.6 is 11.3 Å². The number of unbranched alkanes of at least 4 members (excludes halogenated alkanes) is 4. The quantitative estimate of drug-likeness (QED) is 0.123. The molecule has 0 radical (unpaired) electrons. The zero-order chi connectivity index (χ0) is 32.6. The molecule has 0 spiro atoms. The van der Waals surface area contributed by atoms with Crippen LogP contribution < -0.4 is 5.32 Å². The van der Waals surface area contributed by atoms with Crippen LogP contribution in [0.25, 0.3) is 11.3 Å². The molecule has 1 heterocycles. The fraction of sp³-hybridized carbons (Fsp3) is 0.471. The fourth-order valence-electron chi connectivity index (χ4n) is 4.78. The molecule has 0 aliphatic heterocycles. The van der Waals surface area contributed by atoms with Crippen molar-refractivity contribution in [2.24, 2.45) is 0 Å². The van der Waals surface area contributed by atoms with Crippen LogP contribution in [0.3, 0.4) is 0 Å². The number of carboxylic acids is 2. The third kappa shape index (κ3) is 12.3. The van der Waals surface area contributed by atoms with Gasteiger partial charge in [-0.3, -0.25) is 4.79 Å². The first-order chi connectivity index (χ1) is 21.7. The second-order valence-electron chi connectivity index (χ2n) is 11.1. The van der Waals surface area contributed by atoms with Crippen LogP contribution in [0, 0.1) is 13.8 Å². The van der Waals surface area contributed by atoms with E-state index in [2.05, 4.69) is 42.3 Å². The van der Waals surface area contributed by atoms with E-state index < -0.39 is 36.7 Å². The molecule has 0 saturated heterocycles. The van der Waals surface area contributed by atoms with Crippen LogP contribution in [0.5, 0.6) is 0 Å². The summed E-state index contributed by atoms with van der Waals surface area (Å²) in [6.45, 7) is 4.62. The van der Waals surface area contributed by atoms with Gasteiger partial charge < -0.3 is 29.9 Å². The molecule has 1 amide bonds. The van der Waals surface area contributed by atoms with Gasteiger partial charge in [0, 0.05) is 37.7 Å². The summed E-state index contributed by atoms with van der Waals surface area (Å²) >= 11 is 1.56. The Balaban J connectivity index is 1.43. The molecule has 11 heteroatoms. The van der Waals surface area contributed by atoms with Gasteiger partial charge in [-0.15, -0.1) is 11.3 Å². The molecule has 2 aromatic carbocycles. The minimum atomic E-state index is -1.73. The highest BCUT2D eigenvalue weighted by atomic mass is 32.1. The molecule has 2 atom stereocenters. The summed E-state index contributed by atoms with van der Waals surface area (Å²) < 4.78 is 10.9. The van der Waals surface area contributed by atoms with Gasteiger partial charge in [-0.25, -0.2) is 14.6 Å². The summed E-state index contributed by atoms with van der Waals surface area (Å²) in [5.74, 6) is -3.31. The minimum absolute atomic E-state index is 0.159. The van der Waals surface area contributed by atoms with Crippen molar-refractivity contribution in [1.29, 1.82) is 0 Å². The van der Waals surface area contributed by atoms with Gasteiger partial charge in [0.15, 0.2) is 17.3 Å². The molecule has 2 unspecified atom stereocenters. The summed E-state index contributed by atoms with van der Waals surface area (Å²) in [6, 6.07) is 16.4. The number of likely N-dealkylation sites (N-methyl/N-ethyl adjacent to an activating group) is 1. The SMILES string of the molecule is Cc1ccc(CCCCCOC(C(=O)N(C)CCCCCNc2nc(-c3ccccc3)cs2)C(OCC(=O)O)C(=O)O)cc1C. The molecule has 0 bridgehead atoms. The topological polar surface area (TPSA) is 138 Å². The van der Waals surface area contributed by atoms with Gasteiger partial charge in [0.1, 0.15) is 6.61 Å². The molecule has 3 aromatic rings. The Morgan fingerprint density at radius 1 is 0.911 bits per heavy atom. The number of aryl methyl sites for hydroxylation is 3. The molecule has 0 saturated carbocycles. The zero-order valence-electron chi connectivity index (χ0n) is 26.4. The summed E-state index contributed by atoms with van der Waals surface area (Å²) in [5.41, 5.74) is 5.78. The number of aromatic nitrogens is 1. The van der Waals surface area contributed by atoms with Gasteiger partial charge in [0.25, 0.3) is 5.91 Å². The van der Waals surface area contributed by atoms with Gasteiger partial charge >= 0.3 is 11.9 Å². The third-order valence-corrected chi connectivity index (χ3v) is 8.32. The second kappa shape index (κ2) is 18.9. The lowest BCUT2D eigenvalue weighted by Gasteiger charge is -2.27. The lowest BCUT2D eigenvalue weighted by Crippen LogP contribution is -2.50. The van der Waals surface area contributed by atoms with E-state index in [1.807, 2.05) is 35.7 Å². The van der Waals surface area contributed by atoms with E-state index in [9.17, 15) is 19.5 Å². The highest BCUT2D eigenvalue weighted by molar-refractivity contribution is 7.14. The summed E-state index contributed by atoms with van der Waals surface area (Å²) in [6.07, 6.45) is 2.54. The zero-order valence-corrected chi connectivity index (χ0v) is 27.2. The van der Waals surface area contributed by atoms with Crippen molar-refractivity contribution in [3.8, 4) is 11.3 Å². The Morgan fingerprint density at radius 3 is 2.38 bits per heavy atom. The van der Waals surface area contributed by atoms with E-state index in [-0.39, 0.29) is 6.61 Å². The first-order valence-corrected chi connectivity index (χ1v) is 16.3. The van der Waals surface area contributed by atoms with Crippen LogP contribution in [0.1, 0.15) is 55.2 Å². The number of hydrogen-bond acceptors (Lipinski definition) is 8. The maximum absolute atomic E-state index is 13.3. The van der Waals surface area contributed by atoms with E-state index in [0.717, 1.165) is 55.0 Å². The third-order valence-electron chi connectivity index (χ3n) is 7.52. The number of hydrogen-bond donors (Lipinski definition) is 3. The van der Waals surface area contributed by atoms with E-state index >= 15 is 0 Å². The van der Waals surface area contributed by atoms with Crippen LogP contribution in [-0.4, -0.2) is 83.5 Å². The second-order valence-corrected chi connectivity index (χ2v) is 12.0. The highest BCUT2D eigenvalue weighted by Gasteiger charge is 2.37. The Kier molecular flexibility index (Phi) is 15.0. The maximum atomic E-state index is 13.3. The summed E-state index contributed by atoms with van der Waals surface area (Å²) in [5, 5.41) is 25.0. The molecule has 10 nitrogen and oxygen atoms in total. The average molecular weight is 640 g/mol. The summed E-state index contributed by atoms with van der Waals surface area (Å²) in [4.78, 5) is 42.4. The van der Waals surface area contributed by atoms with Crippen LogP contribution in [0.4, 0.5) is 5.13 Å². The van der Waals surface area contributed by atoms with Crippen molar-refractivity contribution in [2.75, 3.05) is 38.7 Å². The Bertz CT molecular complexity index is 1360. The number of nitrogens with one attached hydrogen (secondary N) is 1. The van der Waals surface area contributed by atoms with Crippen molar-refractivity contribution in [1.82, 2.24) is 9.88 Å². The largest absolute Gasteiger partial charge is 0.480 e. The monoisotopic (exact) mass is 639 g/mol. The number of benzene rings is 2. The van der Waals surface area contributed by atoms with Gasteiger partial charge in [-0.05, 0) is 69.1 Å². The number of carbonyl (C=O) groups excluding carboxylic acids is 1. The number of anilines is 1.